The zero-order chi connectivity index (χ0) is 15.2. The van der Waals surface area contributed by atoms with Crippen LogP contribution in [0, 0.1) is 0 Å². The monoisotopic (exact) mass is 302 g/mol. The lowest BCUT2D eigenvalue weighted by Gasteiger charge is -2.08. The van der Waals surface area contributed by atoms with E-state index in [4.69, 9.17) is 0 Å². The van der Waals surface area contributed by atoms with Crippen LogP contribution < -0.4 is 5.32 Å². The topological polar surface area (TPSA) is 68.3 Å². The van der Waals surface area contributed by atoms with Gasteiger partial charge in [-0.25, -0.2) is 9.78 Å². The molecule has 0 unspecified atom stereocenters. The Bertz CT molecular complexity index is 656. The van der Waals surface area contributed by atoms with Crippen molar-refractivity contribution in [2.45, 2.75) is 5.03 Å². The van der Waals surface area contributed by atoms with Gasteiger partial charge in [-0.05, 0) is 42.7 Å². The van der Waals surface area contributed by atoms with Crippen LogP contribution in [0.25, 0.3) is 0 Å². The van der Waals surface area contributed by atoms with Gasteiger partial charge in [-0.1, -0.05) is 0 Å². The summed E-state index contributed by atoms with van der Waals surface area (Å²) >= 11 is 1.41. The third-order valence-electron chi connectivity index (χ3n) is 2.77. The van der Waals surface area contributed by atoms with Gasteiger partial charge < -0.3 is 10.1 Å². The van der Waals surface area contributed by atoms with Gasteiger partial charge in [0.2, 0.25) is 0 Å². The highest BCUT2D eigenvalue weighted by Gasteiger charge is 2.12. The Hall–Kier alpha value is -2.34. The van der Waals surface area contributed by atoms with Crippen LogP contribution in [0.15, 0.2) is 47.6 Å². The lowest BCUT2D eigenvalue weighted by atomic mass is 10.2. The number of anilines is 1. The van der Waals surface area contributed by atoms with E-state index in [9.17, 15) is 9.59 Å². The lowest BCUT2D eigenvalue weighted by molar-refractivity contribution is 0.0600. The number of carbonyl (C=O) groups is 2. The first-order valence-corrected chi connectivity index (χ1v) is 7.37. The number of pyridine rings is 1. The first kappa shape index (κ1) is 15.1. The van der Waals surface area contributed by atoms with Crippen LogP contribution in [0.5, 0.6) is 0 Å². The van der Waals surface area contributed by atoms with Crippen LogP contribution in [0.1, 0.15) is 20.7 Å². The predicted octanol–water partition coefficient (Wildman–Crippen LogP) is 2.84. The normalized spacial score (nSPS) is 10.0. The molecule has 0 saturated carbocycles. The van der Waals surface area contributed by atoms with E-state index in [1.54, 1.807) is 42.6 Å². The van der Waals surface area contributed by atoms with Crippen LogP contribution in [-0.4, -0.2) is 30.2 Å². The van der Waals surface area contributed by atoms with Crippen LogP contribution >= 0.6 is 11.8 Å². The summed E-state index contributed by atoms with van der Waals surface area (Å²) in [5.74, 6) is -0.650. The number of nitrogens with one attached hydrogen (secondary N) is 1. The molecule has 1 N–H and O–H groups in total. The number of esters is 1. The van der Waals surface area contributed by atoms with E-state index in [1.807, 2.05) is 6.26 Å². The van der Waals surface area contributed by atoms with Crippen molar-refractivity contribution in [3.8, 4) is 0 Å². The molecule has 2 aromatic rings. The van der Waals surface area contributed by atoms with Crippen molar-refractivity contribution < 1.29 is 14.3 Å². The maximum absolute atomic E-state index is 12.2. The molecule has 2 rings (SSSR count). The molecule has 0 saturated heterocycles. The highest BCUT2D eigenvalue weighted by atomic mass is 32.2. The summed E-state index contributed by atoms with van der Waals surface area (Å²) < 4.78 is 4.62. The molecule has 0 atom stereocenters. The zero-order valence-corrected chi connectivity index (χ0v) is 12.4. The standard InChI is InChI=1S/C15H14N2O3S/c1-20-15(19)10-5-7-11(8-6-10)17-13(18)12-4-3-9-16-14(12)21-2/h3-9H,1-2H3,(H,17,18). The van der Waals surface area contributed by atoms with Crippen LogP contribution in [0.4, 0.5) is 5.69 Å². The first-order valence-electron chi connectivity index (χ1n) is 6.14. The summed E-state index contributed by atoms with van der Waals surface area (Å²) in [5.41, 5.74) is 1.55. The van der Waals surface area contributed by atoms with E-state index in [1.165, 1.54) is 18.9 Å². The minimum Gasteiger partial charge on any atom is -0.465 e. The molecule has 108 valence electrons. The minimum atomic E-state index is -0.412. The summed E-state index contributed by atoms with van der Waals surface area (Å²) in [6, 6.07) is 9.94. The number of carbonyl (C=O) groups excluding carboxylic acids is 2. The van der Waals surface area contributed by atoms with Crippen LogP contribution in [0.3, 0.4) is 0 Å². The molecule has 0 spiro atoms. The van der Waals surface area contributed by atoms with Crippen molar-refractivity contribution in [1.29, 1.82) is 0 Å². The summed E-state index contributed by atoms with van der Waals surface area (Å²) in [4.78, 5) is 27.7. The van der Waals surface area contributed by atoms with E-state index in [2.05, 4.69) is 15.0 Å². The number of hydrogen-bond donors (Lipinski definition) is 1. The molecule has 5 nitrogen and oxygen atoms in total. The number of rotatable bonds is 4. The molecule has 1 amide bonds. The Kier molecular flexibility index (Phi) is 4.94. The molecule has 0 radical (unpaired) electrons. The average Bonchev–Trinajstić information content (AvgIpc) is 2.54. The Morgan fingerprint density at radius 2 is 1.90 bits per heavy atom. The molecule has 1 aromatic heterocycles. The number of hydrogen-bond acceptors (Lipinski definition) is 5. The van der Waals surface area contributed by atoms with Gasteiger partial charge in [0.25, 0.3) is 5.91 Å². The van der Waals surface area contributed by atoms with Gasteiger partial charge in [-0.15, -0.1) is 11.8 Å². The molecular weight excluding hydrogens is 288 g/mol. The molecule has 0 fully saturated rings. The molecule has 6 heteroatoms. The lowest BCUT2D eigenvalue weighted by Crippen LogP contribution is -2.13. The number of thioether (sulfide) groups is 1. The summed E-state index contributed by atoms with van der Waals surface area (Å²) in [6.07, 6.45) is 3.51. The number of amides is 1. The highest BCUT2D eigenvalue weighted by molar-refractivity contribution is 7.98. The summed E-state index contributed by atoms with van der Waals surface area (Å²) in [5, 5.41) is 3.44. The Labute approximate surface area is 126 Å². The maximum atomic E-state index is 12.2. The van der Waals surface area contributed by atoms with E-state index in [-0.39, 0.29) is 5.91 Å². The fourth-order valence-corrected chi connectivity index (χ4v) is 2.28. The van der Waals surface area contributed by atoms with Crippen molar-refractivity contribution in [3.63, 3.8) is 0 Å². The Morgan fingerprint density at radius 1 is 1.19 bits per heavy atom. The second-order valence-corrected chi connectivity index (χ2v) is 4.88. The average molecular weight is 302 g/mol. The van der Waals surface area contributed by atoms with Crippen LogP contribution in [-0.2, 0) is 4.74 Å². The largest absolute Gasteiger partial charge is 0.465 e. The molecule has 1 heterocycles. The fraction of sp³-hybridized carbons (Fsp3) is 0.133. The summed E-state index contributed by atoms with van der Waals surface area (Å²) in [7, 11) is 1.32. The quantitative estimate of drug-likeness (QED) is 0.695. The second-order valence-electron chi connectivity index (χ2n) is 4.08. The van der Waals surface area contributed by atoms with Gasteiger partial charge in [0.05, 0.1) is 18.2 Å². The van der Waals surface area contributed by atoms with Crippen molar-refractivity contribution in [3.05, 3.63) is 53.7 Å². The highest BCUT2D eigenvalue weighted by Crippen LogP contribution is 2.19. The van der Waals surface area contributed by atoms with Crippen molar-refractivity contribution >= 4 is 29.3 Å². The van der Waals surface area contributed by atoms with Gasteiger partial charge >= 0.3 is 5.97 Å². The number of ether oxygens (including phenoxy) is 1. The van der Waals surface area contributed by atoms with Gasteiger partial charge in [0, 0.05) is 11.9 Å². The van der Waals surface area contributed by atoms with Crippen molar-refractivity contribution in [2.75, 3.05) is 18.7 Å². The maximum Gasteiger partial charge on any atom is 0.337 e. The third kappa shape index (κ3) is 3.61. The second kappa shape index (κ2) is 6.90. The summed E-state index contributed by atoms with van der Waals surface area (Å²) in [6.45, 7) is 0. The van der Waals surface area contributed by atoms with Gasteiger partial charge in [-0.2, -0.15) is 0 Å². The molecule has 0 aliphatic rings. The van der Waals surface area contributed by atoms with Gasteiger partial charge in [0.1, 0.15) is 5.03 Å². The minimum absolute atomic E-state index is 0.238. The van der Waals surface area contributed by atoms with E-state index in [0.717, 1.165) is 0 Å². The smallest absolute Gasteiger partial charge is 0.337 e. The van der Waals surface area contributed by atoms with Gasteiger partial charge in [-0.3, -0.25) is 4.79 Å². The molecule has 1 aromatic carbocycles. The van der Waals surface area contributed by atoms with Gasteiger partial charge in [0.15, 0.2) is 0 Å². The van der Waals surface area contributed by atoms with E-state index >= 15 is 0 Å². The van der Waals surface area contributed by atoms with E-state index in [0.29, 0.717) is 21.8 Å². The van der Waals surface area contributed by atoms with E-state index < -0.39 is 5.97 Å². The molecule has 0 aliphatic carbocycles. The Morgan fingerprint density at radius 3 is 2.52 bits per heavy atom. The number of methoxy groups -OCH3 is 1. The van der Waals surface area contributed by atoms with Crippen LogP contribution in [0.2, 0.25) is 0 Å². The number of nitrogens with zero attached hydrogens (tertiary/aromatic N) is 1. The SMILES string of the molecule is COC(=O)c1ccc(NC(=O)c2cccnc2SC)cc1. The number of aromatic nitrogens is 1. The molecule has 21 heavy (non-hydrogen) atoms. The number of benzene rings is 1. The molecule has 0 aliphatic heterocycles. The Balaban J connectivity index is 2.14. The fourth-order valence-electron chi connectivity index (χ4n) is 1.73. The predicted molar refractivity (Wildman–Crippen MR) is 81.8 cm³/mol. The first-order chi connectivity index (χ1) is 10.2. The van der Waals surface area contributed by atoms with Crippen molar-refractivity contribution in [1.82, 2.24) is 4.98 Å². The molecular formula is C15H14N2O3S. The zero-order valence-electron chi connectivity index (χ0n) is 11.6. The molecule has 0 bridgehead atoms. The third-order valence-corrected chi connectivity index (χ3v) is 3.49. The van der Waals surface area contributed by atoms with Crippen molar-refractivity contribution in [2.24, 2.45) is 0 Å².